The van der Waals surface area contributed by atoms with Crippen molar-refractivity contribution in [3.63, 3.8) is 0 Å². The van der Waals surface area contributed by atoms with Crippen LogP contribution in [0.15, 0.2) is 29.1 Å². The molecule has 1 aliphatic rings. The molecule has 0 radical (unpaired) electrons. The van der Waals surface area contributed by atoms with Gasteiger partial charge in [-0.1, -0.05) is 26.0 Å². The summed E-state index contributed by atoms with van der Waals surface area (Å²) in [6, 6.07) is 7.65. The average Bonchev–Trinajstić information content (AvgIpc) is 2.57. The molecule has 0 spiro atoms. The first kappa shape index (κ1) is 17.6. The molecular formula is C20H27N3O2. The van der Waals surface area contributed by atoms with E-state index in [0.717, 1.165) is 18.8 Å². The summed E-state index contributed by atoms with van der Waals surface area (Å²) in [6.45, 7) is 4.30. The summed E-state index contributed by atoms with van der Waals surface area (Å²) < 4.78 is 0. The number of fused-ring (bicyclic) bond motifs is 1. The number of carbonyl (C=O) groups is 1. The van der Waals surface area contributed by atoms with E-state index in [4.69, 9.17) is 0 Å². The van der Waals surface area contributed by atoms with Crippen LogP contribution in [0.5, 0.6) is 0 Å². The van der Waals surface area contributed by atoms with Crippen molar-refractivity contribution in [2.45, 2.75) is 58.4 Å². The number of nitrogens with zero attached hydrogens (tertiary/aromatic N) is 1. The summed E-state index contributed by atoms with van der Waals surface area (Å²) in [4.78, 5) is 31.7. The van der Waals surface area contributed by atoms with Crippen LogP contribution in [0.3, 0.4) is 0 Å². The summed E-state index contributed by atoms with van der Waals surface area (Å²) in [5.74, 6) is 1.67. The predicted molar refractivity (Wildman–Crippen MR) is 99.4 cm³/mol. The largest absolute Gasteiger partial charge is 0.353 e. The Balaban J connectivity index is 1.56. The lowest BCUT2D eigenvalue weighted by atomic mass is 9.87. The molecule has 0 saturated heterocycles. The number of benzene rings is 1. The van der Waals surface area contributed by atoms with Gasteiger partial charge in [0.1, 0.15) is 5.82 Å². The molecule has 1 saturated carbocycles. The Morgan fingerprint density at radius 3 is 2.76 bits per heavy atom. The van der Waals surface area contributed by atoms with Gasteiger partial charge >= 0.3 is 0 Å². The first-order chi connectivity index (χ1) is 12.0. The zero-order chi connectivity index (χ0) is 17.8. The molecule has 5 nitrogen and oxygen atoms in total. The molecule has 25 heavy (non-hydrogen) atoms. The third-order valence-electron chi connectivity index (χ3n) is 5.12. The van der Waals surface area contributed by atoms with Crippen LogP contribution < -0.4 is 10.9 Å². The summed E-state index contributed by atoms with van der Waals surface area (Å²) in [6.07, 6.45) is 5.62. The smallest absolute Gasteiger partial charge is 0.258 e. The first-order valence-corrected chi connectivity index (χ1v) is 9.28. The van der Waals surface area contributed by atoms with Gasteiger partial charge in [0, 0.05) is 18.9 Å². The van der Waals surface area contributed by atoms with Crippen LogP contribution in [-0.2, 0) is 11.2 Å². The van der Waals surface area contributed by atoms with Gasteiger partial charge in [0.05, 0.1) is 10.9 Å². The number of carbonyl (C=O) groups excluding carboxylic acids is 1. The summed E-state index contributed by atoms with van der Waals surface area (Å²) in [7, 11) is 0. The Hall–Kier alpha value is -2.17. The van der Waals surface area contributed by atoms with E-state index in [1.165, 1.54) is 12.8 Å². The van der Waals surface area contributed by atoms with Gasteiger partial charge in [-0.2, -0.15) is 0 Å². The monoisotopic (exact) mass is 341 g/mol. The molecule has 1 amide bonds. The van der Waals surface area contributed by atoms with E-state index in [1.54, 1.807) is 6.07 Å². The fourth-order valence-electron chi connectivity index (χ4n) is 3.64. The number of amides is 1. The van der Waals surface area contributed by atoms with Crippen LogP contribution >= 0.6 is 0 Å². The van der Waals surface area contributed by atoms with E-state index in [0.29, 0.717) is 35.6 Å². The fraction of sp³-hybridized carbons (Fsp3) is 0.550. The van der Waals surface area contributed by atoms with Crippen molar-refractivity contribution in [3.8, 4) is 0 Å². The van der Waals surface area contributed by atoms with Crippen LogP contribution in [0.25, 0.3) is 10.9 Å². The first-order valence-electron chi connectivity index (χ1n) is 9.28. The maximum atomic E-state index is 12.3. The maximum absolute atomic E-state index is 12.3. The van der Waals surface area contributed by atoms with Gasteiger partial charge in [0.15, 0.2) is 0 Å². The highest BCUT2D eigenvalue weighted by atomic mass is 16.1. The number of rotatable bonds is 5. The highest BCUT2D eigenvalue weighted by molar-refractivity contribution is 5.77. The van der Waals surface area contributed by atoms with E-state index in [2.05, 4.69) is 22.2 Å². The molecule has 1 atom stereocenters. The second-order valence-electron chi connectivity index (χ2n) is 7.57. The molecule has 0 aliphatic heterocycles. The Labute approximate surface area is 148 Å². The number of nitrogens with one attached hydrogen (secondary N) is 2. The van der Waals surface area contributed by atoms with Crippen molar-refractivity contribution < 1.29 is 4.79 Å². The molecule has 1 aliphatic carbocycles. The second-order valence-corrected chi connectivity index (χ2v) is 7.57. The molecule has 5 heteroatoms. The molecule has 1 aromatic heterocycles. The van der Waals surface area contributed by atoms with E-state index in [1.807, 2.05) is 25.1 Å². The minimum atomic E-state index is -0.117. The minimum absolute atomic E-state index is 0.107. The van der Waals surface area contributed by atoms with Crippen molar-refractivity contribution >= 4 is 16.8 Å². The summed E-state index contributed by atoms with van der Waals surface area (Å²) in [5, 5.41) is 3.77. The molecule has 1 aromatic carbocycles. The van der Waals surface area contributed by atoms with Crippen molar-refractivity contribution in [1.29, 1.82) is 0 Å². The molecule has 1 unspecified atom stereocenters. The van der Waals surface area contributed by atoms with Crippen LogP contribution in [0.1, 0.15) is 51.8 Å². The average molecular weight is 341 g/mol. The van der Waals surface area contributed by atoms with E-state index in [9.17, 15) is 9.59 Å². The molecule has 134 valence electrons. The number of hydrogen-bond acceptors (Lipinski definition) is 3. The van der Waals surface area contributed by atoms with Gasteiger partial charge in [-0.25, -0.2) is 4.98 Å². The SMILES string of the molecule is CC1CCC(NC(=O)CC(C)Cc2nc3ccccc3c(=O)[nH]2)CC1. The fourth-order valence-corrected chi connectivity index (χ4v) is 3.64. The third kappa shape index (κ3) is 4.68. The van der Waals surface area contributed by atoms with Gasteiger partial charge in [0.2, 0.25) is 5.91 Å². The highest BCUT2D eigenvalue weighted by Gasteiger charge is 2.20. The van der Waals surface area contributed by atoms with Crippen LogP contribution in [0.2, 0.25) is 0 Å². The zero-order valence-corrected chi connectivity index (χ0v) is 15.0. The van der Waals surface area contributed by atoms with Crippen LogP contribution in [-0.4, -0.2) is 21.9 Å². The highest BCUT2D eigenvalue weighted by Crippen LogP contribution is 2.23. The number of hydrogen-bond donors (Lipinski definition) is 2. The molecule has 0 bridgehead atoms. The number of para-hydroxylation sites is 1. The molecule has 2 N–H and O–H groups in total. The van der Waals surface area contributed by atoms with Crippen LogP contribution in [0, 0.1) is 11.8 Å². The van der Waals surface area contributed by atoms with E-state index >= 15 is 0 Å². The van der Waals surface area contributed by atoms with Gasteiger partial charge in [-0.05, 0) is 49.7 Å². The molecule has 3 rings (SSSR count). The quantitative estimate of drug-likeness (QED) is 0.877. The van der Waals surface area contributed by atoms with Gasteiger partial charge in [-0.3, -0.25) is 9.59 Å². The van der Waals surface area contributed by atoms with E-state index in [-0.39, 0.29) is 17.4 Å². The number of H-pyrrole nitrogens is 1. The van der Waals surface area contributed by atoms with Gasteiger partial charge in [0.25, 0.3) is 5.56 Å². The van der Waals surface area contributed by atoms with Crippen molar-refractivity contribution in [3.05, 3.63) is 40.4 Å². The number of aromatic amines is 1. The Morgan fingerprint density at radius 2 is 2.00 bits per heavy atom. The summed E-state index contributed by atoms with van der Waals surface area (Å²) in [5.41, 5.74) is 0.586. The maximum Gasteiger partial charge on any atom is 0.258 e. The standard InChI is InChI=1S/C20H27N3O2/c1-13-7-9-15(10-8-13)21-19(24)12-14(2)11-18-22-17-6-4-3-5-16(17)20(25)23-18/h3-6,13-15H,7-12H2,1-2H3,(H,21,24)(H,22,23,25). The lowest BCUT2D eigenvalue weighted by Crippen LogP contribution is -2.38. The molecular weight excluding hydrogens is 314 g/mol. The second kappa shape index (κ2) is 7.81. The minimum Gasteiger partial charge on any atom is -0.353 e. The molecule has 2 aromatic rings. The van der Waals surface area contributed by atoms with E-state index < -0.39 is 0 Å². The lowest BCUT2D eigenvalue weighted by Gasteiger charge is -2.27. The van der Waals surface area contributed by atoms with Gasteiger partial charge < -0.3 is 10.3 Å². The van der Waals surface area contributed by atoms with Crippen molar-refractivity contribution in [2.24, 2.45) is 11.8 Å². The Morgan fingerprint density at radius 1 is 1.28 bits per heavy atom. The van der Waals surface area contributed by atoms with Crippen LogP contribution in [0.4, 0.5) is 0 Å². The Bertz CT molecular complexity index is 791. The normalized spacial score (nSPS) is 21.8. The van der Waals surface area contributed by atoms with Crippen molar-refractivity contribution in [1.82, 2.24) is 15.3 Å². The lowest BCUT2D eigenvalue weighted by molar-refractivity contribution is -0.122. The van der Waals surface area contributed by atoms with Gasteiger partial charge in [-0.15, -0.1) is 0 Å². The number of aromatic nitrogens is 2. The third-order valence-corrected chi connectivity index (χ3v) is 5.12. The molecule has 1 fully saturated rings. The summed E-state index contributed by atoms with van der Waals surface area (Å²) >= 11 is 0. The Kier molecular flexibility index (Phi) is 5.51. The topological polar surface area (TPSA) is 74.8 Å². The van der Waals surface area contributed by atoms with Crippen molar-refractivity contribution in [2.75, 3.05) is 0 Å². The zero-order valence-electron chi connectivity index (χ0n) is 15.0. The molecule has 1 heterocycles. The predicted octanol–water partition coefficient (Wildman–Crippen LogP) is 3.19.